The fraction of sp³-hybridized carbons (Fsp3) is 0.150. The van der Waals surface area contributed by atoms with E-state index in [0.717, 1.165) is 21.3 Å². The van der Waals surface area contributed by atoms with Gasteiger partial charge in [-0.15, -0.1) is 0 Å². The lowest BCUT2D eigenvalue weighted by Crippen LogP contribution is -2.12. The summed E-state index contributed by atoms with van der Waals surface area (Å²) in [6.45, 7) is 2.01. The molecule has 0 saturated carbocycles. The fourth-order valence-electron chi connectivity index (χ4n) is 2.75. The Kier molecular flexibility index (Phi) is 4.92. The van der Waals surface area contributed by atoms with Crippen LogP contribution in [0.1, 0.15) is 17.9 Å². The third-order valence-electron chi connectivity index (χ3n) is 4.13. The molecule has 0 fully saturated rings. The number of hydrogen-bond acceptors (Lipinski definition) is 5. The normalized spacial score (nSPS) is 11.0. The molecule has 0 spiro atoms. The second-order valence-corrected chi connectivity index (χ2v) is 7.52. The van der Waals surface area contributed by atoms with Crippen LogP contribution in [0.5, 0.6) is 0 Å². The number of oxazole rings is 1. The highest BCUT2D eigenvalue weighted by molar-refractivity contribution is 7.22. The molecule has 0 atom stereocenters. The first kappa shape index (κ1) is 17.7. The van der Waals surface area contributed by atoms with Gasteiger partial charge >= 0.3 is 0 Å². The Bertz CT molecular complexity index is 1120. The van der Waals surface area contributed by atoms with E-state index in [-0.39, 0.29) is 12.3 Å². The van der Waals surface area contributed by atoms with Crippen LogP contribution in [0.25, 0.3) is 21.5 Å². The minimum atomic E-state index is -0.121. The van der Waals surface area contributed by atoms with Crippen LogP contribution in [-0.2, 0) is 11.2 Å². The van der Waals surface area contributed by atoms with Gasteiger partial charge in [-0.25, -0.2) is 9.97 Å². The Hall–Kier alpha value is -2.70. The number of thiazole rings is 1. The summed E-state index contributed by atoms with van der Waals surface area (Å²) in [5.41, 5.74) is 2.80. The summed E-state index contributed by atoms with van der Waals surface area (Å²) in [6, 6.07) is 13.4. The van der Waals surface area contributed by atoms with E-state index in [1.54, 1.807) is 12.3 Å². The van der Waals surface area contributed by atoms with Gasteiger partial charge in [-0.05, 0) is 30.7 Å². The monoisotopic (exact) mass is 397 g/mol. The predicted molar refractivity (Wildman–Crippen MR) is 108 cm³/mol. The smallest absolute Gasteiger partial charge is 0.226 e. The van der Waals surface area contributed by atoms with Crippen molar-refractivity contribution in [1.82, 2.24) is 9.97 Å². The molecule has 4 rings (SSSR count). The van der Waals surface area contributed by atoms with E-state index in [0.29, 0.717) is 28.2 Å². The van der Waals surface area contributed by atoms with Gasteiger partial charge in [-0.1, -0.05) is 47.2 Å². The number of carbonyl (C=O) groups excluding carboxylic acids is 1. The molecule has 2 aromatic carbocycles. The Labute approximate surface area is 165 Å². The average molecular weight is 398 g/mol. The van der Waals surface area contributed by atoms with Crippen molar-refractivity contribution in [3.8, 4) is 11.3 Å². The molecule has 0 bridgehead atoms. The maximum Gasteiger partial charge on any atom is 0.226 e. The molecule has 0 aliphatic rings. The number of hydrogen-bond donors (Lipinski definition) is 1. The molecule has 2 heterocycles. The summed E-state index contributed by atoms with van der Waals surface area (Å²) < 4.78 is 6.78. The maximum atomic E-state index is 12.2. The number of amides is 1. The van der Waals surface area contributed by atoms with Gasteiger partial charge in [0.15, 0.2) is 16.8 Å². The number of benzene rings is 2. The number of fused-ring (bicyclic) bond motifs is 1. The molecule has 0 aliphatic heterocycles. The van der Waals surface area contributed by atoms with Crippen molar-refractivity contribution >= 4 is 44.2 Å². The number of halogens is 1. The van der Waals surface area contributed by atoms with Crippen molar-refractivity contribution in [2.75, 3.05) is 5.32 Å². The molecule has 1 N–H and O–H groups in total. The molecule has 0 aliphatic carbocycles. The molecule has 5 nitrogen and oxygen atoms in total. The van der Waals surface area contributed by atoms with Crippen LogP contribution in [-0.4, -0.2) is 15.9 Å². The lowest BCUT2D eigenvalue weighted by molar-refractivity contribution is -0.116. The molecule has 0 unspecified atom stereocenters. The minimum Gasteiger partial charge on any atom is -0.441 e. The second kappa shape index (κ2) is 7.50. The number of aryl methyl sites for hydroxylation is 2. The van der Waals surface area contributed by atoms with Gasteiger partial charge in [0.1, 0.15) is 0 Å². The van der Waals surface area contributed by atoms with Gasteiger partial charge in [0.05, 0.1) is 21.4 Å². The molecular formula is C20H16ClN3O2S. The summed E-state index contributed by atoms with van der Waals surface area (Å²) in [5.74, 6) is 0.974. The summed E-state index contributed by atoms with van der Waals surface area (Å²) in [5, 5.41) is 4.06. The molecule has 0 saturated heterocycles. The highest BCUT2D eigenvalue weighted by Crippen LogP contribution is 2.29. The van der Waals surface area contributed by atoms with Gasteiger partial charge in [0.25, 0.3) is 0 Å². The first-order valence-corrected chi connectivity index (χ1v) is 9.65. The second-order valence-electron chi connectivity index (χ2n) is 6.09. The summed E-state index contributed by atoms with van der Waals surface area (Å²) >= 11 is 7.64. The standard InChI is InChI=1S/C20H16ClN3O2S/c1-12-5-4-8-16-19(12)24-20(27-16)23-17(25)9-10-18-22-11-15(26-18)13-6-2-3-7-14(13)21/h2-8,11H,9-10H2,1H3,(H,23,24,25). The van der Waals surface area contributed by atoms with E-state index in [4.69, 9.17) is 16.0 Å². The van der Waals surface area contributed by atoms with Crippen molar-refractivity contribution in [1.29, 1.82) is 0 Å². The average Bonchev–Trinajstić information content (AvgIpc) is 3.28. The first-order valence-electron chi connectivity index (χ1n) is 8.46. The number of aromatic nitrogens is 2. The van der Waals surface area contributed by atoms with Crippen LogP contribution in [0, 0.1) is 6.92 Å². The maximum absolute atomic E-state index is 12.2. The van der Waals surface area contributed by atoms with Gasteiger partial charge < -0.3 is 9.73 Å². The van der Waals surface area contributed by atoms with E-state index < -0.39 is 0 Å². The topological polar surface area (TPSA) is 68.0 Å². The molecule has 136 valence electrons. The van der Waals surface area contributed by atoms with Crippen LogP contribution in [0.2, 0.25) is 5.02 Å². The zero-order valence-corrected chi connectivity index (χ0v) is 16.1. The molecular weight excluding hydrogens is 382 g/mol. The van der Waals surface area contributed by atoms with E-state index in [1.165, 1.54) is 11.3 Å². The zero-order chi connectivity index (χ0) is 18.8. The summed E-state index contributed by atoms with van der Waals surface area (Å²) in [7, 11) is 0. The third-order valence-corrected chi connectivity index (χ3v) is 5.39. The molecule has 2 aromatic heterocycles. The van der Waals surface area contributed by atoms with Crippen molar-refractivity contribution in [2.24, 2.45) is 0 Å². The number of anilines is 1. The SMILES string of the molecule is Cc1cccc2sc(NC(=O)CCc3ncc(-c4ccccc4Cl)o3)nc12. The van der Waals surface area contributed by atoms with Crippen LogP contribution in [0.3, 0.4) is 0 Å². The predicted octanol–water partition coefficient (Wildman–Crippen LogP) is 5.48. The van der Waals surface area contributed by atoms with Gasteiger partial charge in [0.2, 0.25) is 5.91 Å². The number of rotatable bonds is 5. The van der Waals surface area contributed by atoms with Crippen molar-refractivity contribution in [2.45, 2.75) is 19.8 Å². The highest BCUT2D eigenvalue weighted by atomic mass is 35.5. The lowest BCUT2D eigenvalue weighted by atomic mass is 10.2. The van der Waals surface area contributed by atoms with Gasteiger partial charge in [-0.3, -0.25) is 4.79 Å². The van der Waals surface area contributed by atoms with E-state index in [9.17, 15) is 4.79 Å². The number of carbonyl (C=O) groups is 1. The largest absolute Gasteiger partial charge is 0.441 e. The number of nitrogens with zero attached hydrogens (tertiary/aromatic N) is 2. The van der Waals surface area contributed by atoms with Gasteiger partial charge in [0, 0.05) is 18.4 Å². The first-order chi connectivity index (χ1) is 13.1. The van der Waals surface area contributed by atoms with Crippen LogP contribution in [0.4, 0.5) is 5.13 Å². The third kappa shape index (κ3) is 3.86. The van der Waals surface area contributed by atoms with E-state index in [2.05, 4.69) is 15.3 Å². The van der Waals surface area contributed by atoms with Gasteiger partial charge in [-0.2, -0.15) is 0 Å². The Morgan fingerprint density at radius 1 is 1.22 bits per heavy atom. The molecule has 4 aromatic rings. The van der Waals surface area contributed by atoms with Crippen molar-refractivity contribution in [3.63, 3.8) is 0 Å². The van der Waals surface area contributed by atoms with Crippen LogP contribution < -0.4 is 5.32 Å². The zero-order valence-electron chi connectivity index (χ0n) is 14.5. The van der Waals surface area contributed by atoms with E-state index in [1.807, 2.05) is 43.3 Å². The number of nitrogens with one attached hydrogen (secondary N) is 1. The summed E-state index contributed by atoms with van der Waals surface area (Å²) in [6.07, 6.45) is 2.29. The fourth-order valence-corrected chi connectivity index (χ4v) is 3.94. The summed E-state index contributed by atoms with van der Waals surface area (Å²) in [4.78, 5) is 21.0. The number of para-hydroxylation sites is 1. The van der Waals surface area contributed by atoms with Crippen molar-refractivity contribution < 1.29 is 9.21 Å². The minimum absolute atomic E-state index is 0.121. The Morgan fingerprint density at radius 3 is 2.89 bits per heavy atom. The molecule has 0 radical (unpaired) electrons. The van der Waals surface area contributed by atoms with E-state index >= 15 is 0 Å². The quantitative estimate of drug-likeness (QED) is 0.483. The molecule has 27 heavy (non-hydrogen) atoms. The van der Waals surface area contributed by atoms with Crippen LogP contribution >= 0.6 is 22.9 Å². The molecule has 7 heteroatoms. The Balaban J connectivity index is 1.39. The van der Waals surface area contributed by atoms with Crippen LogP contribution in [0.15, 0.2) is 53.1 Å². The van der Waals surface area contributed by atoms with Crippen molar-refractivity contribution in [3.05, 3.63) is 65.1 Å². The molecule has 1 amide bonds. The lowest BCUT2D eigenvalue weighted by Gasteiger charge is -2.00. The highest BCUT2D eigenvalue weighted by Gasteiger charge is 2.13. The Morgan fingerprint density at radius 2 is 2.07 bits per heavy atom.